The number of anilines is 2. The van der Waals surface area contributed by atoms with Gasteiger partial charge in [-0.15, -0.1) is 0 Å². The minimum absolute atomic E-state index is 0.248. The quantitative estimate of drug-likeness (QED) is 0.733. The maximum Gasteiger partial charge on any atom is 0.311 e. The molecule has 2 heterocycles. The van der Waals surface area contributed by atoms with Gasteiger partial charge in [0.25, 0.3) is 0 Å². The zero-order valence-electron chi connectivity index (χ0n) is 12.4. The Hall–Kier alpha value is -2.38. The van der Waals surface area contributed by atoms with E-state index >= 15 is 0 Å². The minimum Gasteiger partial charge on any atom is -0.481 e. The van der Waals surface area contributed by atoms with Gasteiger partial charge in [0.2, 0.25) is 5.95 Å². The number of hydrogen-bond acceptors (Lipinski definition) is 6. The van der Waals surface area contributed by atoms with Crippen LogP contribution in [0, 0.1) is 5.41 Å². The number of carboxylic acid groups (broad SMARTS) is 1. The smallest absolute Gasteiger partial charge is 0.311 e. The molecule has 21 heavy (non-hydrogen) atoms. The first-order valence-electron chi connectivity index (χ1n) is 6.86. The Bertz CT molecular complexity index is 662. The van der Waals surface area contributed by atoms with Gasteiger partial charge in [0, 0.05) is 13.6 Å². The first-order valence-corrected chi connectivity index (χ1v) is 6.86. The van der Waals surface area contributed by atoms with Crippen LogP contribution in [0.4, 0.5) is 11.8 Å². The Morgan fingerprint density at radius 2 is 2.10 bits per heavy atom. The zero-order chi connectivity index (χ0) is 15.6. The molecule has 0 aliphatic heterocycles. The molecule has 0 spiro atoms. The van der Waals surface area contributed by atoms with Crippen molar-refractivity contribution in [2.75, 3.05) is 17.6 Å². The molecule has 0 aromatic carbocycles. The monoisotopic (exact) mass is 292 g/mol. The number of carboxylic acids is 1. The van der Waals surface area contributed by atoms with Crippen molar-refractivity contribution in [1.29, 1.82) is 0 Å². The second-order valence-electron chi connectivity index (χ2n) is 5.08. The van der Waals surface area contributed by atoms with E-state index in [1.165, 1.54) is 0 Å². The number of nitrogens with two attached hydrogens (primary N) is 1. The molecule has 0 radical (unpaired) electrons. The van der Waals surface area contributed by atoms with Crippen molar-refractivity contribution in [3.05, 3.63) is 6.20 Å². The van der Waals surface area contributed by atoms with E-state index in [0.717, 1.165) is 0 Å². The maximum atomic E-state index is 11.5. The van der Waals surface area contributed by atoms with E-state index in [1.54, 1.807) is 17.9 Å². The molecule has 8 nitrogen and oxygen atoms in total. The predicted molar refractivity (Wildman–Crippen MR) is 79.9 cm³/mol. The summed E-state index contributed by atoms with van der Waals surface area (Å²) in [5.41, 5.74) is 5.65. The van der Waals surface area contributed by atoms with Gasteiger partial charge in [0.05, 0.1) is 17.0 Å². The number of nitrogens with zero attached hydrogens (tertiary/aromatic N) is 4. The lowest BCUT2D eigenvalue weighted by Gasteiger charge is -2.26. The van der Waals surface area contributed by atoms with E-state index in [-0.39, 0.29) is 6.54 Å². The fourth-order valence-electron chi connectivity index (χ4n) is 2.25. The number of aryl methyl sites for hydroxylation is 1. The summed E-state index contributed by atoms with van der Waals surface area (Å²) in [6.07, 6.45) is 2.65. The standard InChI is InChI=1S/C13H20N6O2/c1-4-13(5-2,11(20)21)7-15-12-17-9(14)8-6-16-19(3)10(8)18-12/h6H,4-5,7H2,1-3H3,(H,20,21)(H3,14,15,17,18). The van der Waals surface area contributed by atoms with Gasteiger partial charge in [-0.2, -0.15) is 15.1 Å². The summed E-state index contributed by atoms with van der Waals surface area (Å²) in [5, 5.41) is 17.2. The Kier molecular flexibility index (Phi) is 3.97. The highest BCUT2D eigenvalue weighted by molar-refractivity contribution is 5.86. The molecular weight excluding hydrogens is 272 g/mol. The first-order chi connectivity index (χ1) is 9.93. The maximum absolute atomic E-state index is 11.5. The van der Waals surface area contributed by atoms with Gasteiger partial charge in [0.1, 0.15) is 5.82 Å². The normalized spacial score (nSPS) is 11.8. The van der Waals surface area contributed by atoms with Crippen LogP contribution in [0.15, 0.2) is 6.20 Å². The summed E-state index contributed by atoms with van der Waals surface area (Å²) in [6.45, 7) is 3.97. The number of carbonyl (C=O) groups is 1. The van der Waals surface area contributed by atoms with Gasteiger partial charge < -0.3 is 16.2 Å². The average molecular weight is 292 g/mol. The molecular formula is C13H20N6O2. The number of nitrogen functional groups attached to an aromatic ring is 1. The van der Waals surface area contributed by atoms with Crippen molar-refractivity contribution in [3.63, 3.8) is 0 Å². The summed E-state index contributed by atoms with van der Waals surface area (Å²) in [7, 11) is 1.76. The fourth-order valence-corrected chi connectivity index (χ4v) is 2.25. The van der Waals surface area contributed by atoms with Crippen molar-refractivity contribution in [3.8, 4) is 0 Å². The highest BCUT2D eigenvalue weighted by Gasteiger charge is 2.34. The van der Waals surface area contributed by atoms with E-state index in [9.17, 15) is 9.90 Å². The minimum atomic E-state index is -0.834. The lowest BCUT2D eigenvalue weighted by atomic mass is 9.82. The molecule has 8 heteroatoms. The van der Waals surface area contributed by atoms with Crippen molar-refractivity contribution in [1.82, 2.24) is 19.7 Å². The van der Waals surface area contributed by atoms with Crippen molar-refractivity contribution in [2.24, 2.45) is 12.5 Å². The Balaban J connectivity index is 2.27. The molecule has 2 aromatic heterocycles. The van der Waals surface area contributed by atoms with Gasteiger partial charge in [-0.25, -0.2) is 0 Å². The molecule has 0 amide bonds. The highest BCUT2D eigenvalue weighted by atomic mass is 16.4. The van der Waals surface area contributed by atoms with Gasteiger partial charge in [-0.3, -0.25) is 9.48 Å². The van der Waals surface area contributed by atoms with Crippen LogP contribution in [0.25, 0.3) is 11.0 Å². The fraction of sp³-hybridized carbons (Fsp3) is 0.538. The zero-order valence-corrected chi connectivity index (χ0v) is 12.4. The number of nitrogens with one attached hydrogen (secondary N) is 1. The molecule has 0 aliphatic carbocycles. The van der Waals surface area contributed by atoms with E-state index in [2.05, 4.69) is 20.4 Å². The topological polar surface area (TPSA) is 119 Å². The van der Waals surface area contributed by atoms with Crippen LogP contribution < -0.4 is 11.1 Å². The SMILES string of the molecule is CCC(CC)(CNc1nc(N)c2cnn(C)c2n1)C(=O)O. The van der Waals surface area contributed by atoms with Gasteiger partial charge in [0.15, 0.2) is 5.65 Å². The number of rotatable bonds is 6. The second-order valence-corrected chi connectivity index (χ2v) is 5.08. The lowest BCUT2D eigenvalue weighted by Crippen LogP contribution is -2.37. The Labute approximate surface area is 122 Å². The van der Waals surface area contributed by atoms with Gasteiger partial charge in [-0.1, -0.05) is 13.8 Å². The Morgan fingerprint density at radius 3 is 2.67 bits per heavy atom. The van der Waals surface area contributed by atoms with Crippen LogP contribution in [0.1, 0.15) is 26.7 Å². The summed E-state index contributed by atoms with van der Waals surface area (Å²) in [4.78, 5) is 20.0. The van der Waals surface area contributed by atoms with Crippen LogP contribution in [0.5, 0.6) is 0 Å². The van der Waals surface area contributed by atoms with E-state index in [4.69, 9.17) is 5.73 Å². The van der Waals surface area contributed by atoms with E-state index in [1.807, 2.05) is 13.8 Å². The van der Waals surface area contributed by atoms with Crippen molar-refractivity contribution >= 4 is 28.8 Å². The van der Waals surface area contributed by atoms with Gasteiger partial charge in [-0.05, 0) is 12.8 Å². The summed E-state index contributed by atoms with van der Waals surface area (Å²) in [5.74, 6) is -0.185. The molecule has 0 unspecified atom stereocenters. The average Bonchev–Trinajstić information content (AvgIpc) is 2.82. The molecule has 0 atom stereocenters. The third-order valence-electron chi connectivity index (χ3n) is 4.01. The van der Waals surface area contributed by atoms with Crippen molar-refractivity contribution in [2.45, 2.75) is 26.7 Å². The first kappa shape index (κ1) is 15.0. The molecule has 0 saturated carbocycles. The molecule has 2 aromatic rings. The lowest BCUT2D eigenvalue weighted by molar-refractivity contribution is -0.148. The summed E-state index contributed by atoms with van der Waals surface area (Å²) in [6, 6.07) is 0. The largest absolute Gasteiger partial charge is 0.481 e. The van der Waals surface area contributed by atoms with Crippen LogP contribution in [0.2, 0.25) is 0 Å². The third-order valence-corrected chi connectivity index (χ3v) is 4.01. The predicted octanol–water partition coefficient (Wildman–Crippen LogP) is 1.25. The highest BCUT2D eigenvalue weighted by Crippen LogP contribution is 2.27. The number of aliphatic carboxylic acids is 1. The van der Waals surface area contributed by atoms with Crippen molar-refractivity contribution < 1.29 is 9.90 Å². The number of aromatic nitrogens is 4. The molecule has 0 fully saturated rings. The van der Waals surface area contributed by atoms with Crippen LogP contribution >= 0.6 is 0 Å². The van der Waals surface area contributed by atoms with Crippen LogP contribution in [0.3, 0.4) is 0 Å². The van der Waals surface area contributed by atoms with E-state index in [0.29, 0.717) is 35.6 Å². The van der Waals surface area contributed by atoms with E-state index < -0.39 is 11.4 Å². The van der Waals surface area contributed by atoms with Crippen LogP contribution in [-0.2, 0) is 11.8 Å². The molecule has 114 valence electrons. The summed E-state index contributed by atoms with van der Waals surface area (Å²) < 4.78 is 1.60. The summed E-state index contributed by atoms with van der Waals surface area (Å²) >= 11 is 0. The number of fused-ring (bicyclic) bond motifs is 1. The molecule has 0 saturated heterocycles. The number of hydrogen-bond donors (Lipinski definition) is 3. The van der Waals surface area contributed by atoms with Gasteiger partial charge >= 0.3 is 5.97 Å². The molecule has 0 aliphatic rings. The Morgan fingerprint density at radius 1 is 1.43 bits per heavy atom. The molecule has 4 N–H and O–H groups in total. The molecule has 0 bridgehead atoms. The second kappa shape index (κ2) is 5.55. The molecule has 2 rings (SSSR count). The third kappa shape index (κ3) is 2.61. The van der Waals surface area contributed by atoms with Crippen LogP contribution in [-0.4, -0.2) is 37.4 Å².